The molecular formula is C14H16N2O2. The molecule has 0 saturated heterocycles. The Morgan fingerprint density at radius 1 is 1.33 bits per heavy atom. The molecule has 0 atom stereocenters. The zero-order valence-corrected chi connectivity index (χ0v) is 10.5. The lowest BCUT2D eigenvalue weighted by atomic mass is 10.1. The van der Waals surface area contributed by atoms with E-state index in [4.69, 9.17) is 5.11 Å². The third-order valence-corrected chi connectivity index (χ3v) is 2.81. The van der Waals surface area contributed by atoms with Gasteiger partial charge in [0.25, 0.3) is 0 Å². The molecule has 2 aromatic rings. The maximum atomic E-state index is 10.7. The number of carbonyl (C=O) groups is 1. The van der Waals surface area contributed by atoms with Gasteiger partial charge >= 0.3 is 5.97 Å². The van der Waals surface area contributed by atoms with Crippen LogP contribution in [0.2, 0.25) is 0 Å². The van der Waals surface area contributed by atoms with Gasteiger partial charge < -0.3 is 9.67 Å². The van der Waals surface area contributed by atoms with E-state index in [-0.39, 0.29) is 0 Å². The Bertz CT molecular complexity index is 541. The molecule has 94 valence electrons. The third kappa shape index (κ3) is 2.77. The van der Waals surface area contributed by atoms with Gasteiger partial charge in [0, 0.05) is 12.7 Å². The van der Waals surface area contributed by atoms with Crippen LogP contribution in [0.5, 0.6) is 0 Å². The number of nitrogens with zero attached hydrogens (tertiary/aromatic N) is 2. The lowest BCUT2D eigenvalue weighted by Gasteiger charge is -2.03. The molecule has 0 aliphatic heterocycles. The first-order valence-electron chi connectivity index (χ1n) is 5.90. The smallest absolute Gasteiger partial charge is 0.335 e. The van der Waals surface area contributed by atoms with E-state index < -0.39 is 5.97 Å². The lowest BCUT2D eigenvalue weighted by Crippen LogP contribution is -1.99. The Hall–Kier alpha value is -2.10. The van der Waals surface area contributed by atoms with Crippen LogP contribution in [0.15, 0.2) is 36.8 Å². The second-order valence-corrected chi connectivity index (χ2v) is 4.63. The lowest BCUT2D eigenvalue weighted by molar-refractivity contribution is 0.0697. The molecular weight excluding hydrogens is 228 g/mol. The van der Waals surface area contributed by atoms with Gasteiger partial charge in [-0.15, -0.1) is 0 Å². The number of imidazole rings is 1. The van der Waals surface area contributed by atoms with Crippen molar-refractivity contribution < 1.29 is 9.90 Å². The van der Waals surface area contributed by atoms with E-state index in [0.717, 1.165) is 11.3 Å². The van der Waals surface area contributed by atoms with E-state index in [0.29, 0.717) is 18.0 Å². The van der Waals surface area contributed by atoms with Crippen LogP contribution in [0, 0.1) is 0 Å². The van der Waals surface area contributed by atoms with Crippen molar-refractivity contribution in [3.63, 3.8) is 0 Å². The number of rotatable bonds is 4. The highest BCUT2D eigenvalue weighted by molar-refractivity contribution is 5.87. The van der Waals surface area contributed by atoms with Crippen LogP contribution in [0.25, 0.3) is 0 Å². The standard InChI is InChI=1S/C14H16N2O2/c1-10(2)13-8-16(9-15-13)7-11-3-5-12(6-4-11)14(17)18/h3-6,8-10H,7H2,1-2H3,(H,17,18). The number of hydrogen-bond donors (Lipinski definition) is 1. The van der Waals surface area contributed by atoms with E-state index in [1.54, 1.807) is 18.5 Å². The highest BCUT2D eigenvalue weighted by Crippen LogP contribution is 2.12. The first-order chi connectivity index (χ1) is 8.56. The van der Waals surface area contributed by atoms with Gasteiger partial charge in [-0.2, -0.15) is 0 Å². The molecule has 0 saturated carbocycles. The minimum Gasteiger partial charge on any atom is -0.478 e. The number of aromatic carboxylic acids is 1. The van der Waals surface area contributed by atoms with Gasteiger partial charge in [-0.3, -0.25) is 0 Å². The maximum absolute atomic E-state index is 10.7. The van der Waals surface area contributed by atoms with Crippen molar-refractivity contribution in [2.24, 2.45) is 0 Å². The van der Waals surface area contributed by atoms with Crippen LogP contribution in [0.4, 0.5) is 0 Å². The minimum atomic E-state index is -0.897. The van der Waals surface area contributed by atoms with Gasteiger partial charge in [-0.05, 0) is 23.6 Å². The molecule has 2 rings (SSSR count). The third-order valence-electron chi connectivity index (χ3n) is 2.81. The van der Waals surface area contributed by atoms with Crippen LogP contribution >= 0.6 is 0 Å². The predicted molar refractivity (Wildman–Crippen MR) is 68.8 cm³/mol. The molecule has 1 aromatic heterocycles. The summed E-state index contributed by atoms with van der Waals surface area (Å²) in [6, 6.07) is 6.91. The molecule has 0 bridgehead atoms. The Morgan fingerprint density at radius 2 is 2.00 bits per heavy atom. The van der Waals surface area contributed by atoms with Crippen LogP contribution in [0.3, 0.4) is 0 Å². The van der Waals surface area contributed by atoms with Gasteiger partial charge in [-0.25, -0.2) is 9.78 Å². The summed E-state index contributed by atoms with van der Waals surface area (Å²) >= 11 is 0. The van der Waals surface area contributed by atoms with Gasteiger partial charge in [0.15, 0.2) is 0 Å². The zero-order valence-electron chi connectivity index (χ0n) is 10.5. The SMILES string of the molecule is CC(C)c1cn(Cc2ccc(C(=O)O)cc2)cn1. The summed E-state index contributed by atoms with van der Waals surface area (Å²) in [6.45, 7) is 4.92. The summed E-state index contributed by atoms with van der Waals surface area (Å²) in [5, 5.41) is 8.81. The Morgan fingerprint density at radius 3 is 2.50 bits per heavy atom. The molecule has 1 aromatic carbocycles. The molecule has 0 fully saturated rings. The molecule has 0 aliphatic rings. The fourth-order valence-corrected chi connectivity index (χ4v) is 1.73. The topological polar surface area (TPSA) is 55.1 Å². The summed E-state index contributed by atoms with van der Waals surface area (Å²) in [5.74, 6) is -0.480. The molecule has 0 amide bonds. The highest BCUT2D eigenvalue weighted by atomic mass is 16.4. The molecule has 1 N–H and O–H groups in total. The number of benzene rings is 1. The average Bonchev–Trinajstić information content (AvgIpc) is 2.78. The van der Waals surface area contributed by atoms with E-state index in [1.165, 1.54) is 0 Å². The Kier molecular flexibility index (Phi) is 3.46. The Balaban J connectivity index is 2.10. The van der Waals surface area contributed by atoms with E-state index in [9.17, 15) is 4.79 Å². The molecule has 4 heteroatoms. The van der Waals surface area contributed by atoms with Crippen molar-refractivity contribution in [3.8, 4) is 0 Å². The minimum absolute atomic E-state index is 0.312. The molecule has 18 heavy (non-hydrogen) atoms. The summed E-state index contributed by atoms with van der Waals surface area (Å²) in [7, 11) is 0. The monoisotopic (exact) mass is 244 g/mol. The fraction of sp³-hybridized carbons (Fsp3) is 0.286. The normalized spacial score (nSPS) is 10.8. The number of hydrogen-bond acceptors (Lipinski definition) is 2. The summed E-state index contributed by atoms with van der Waals surface area (Å²) in [6.07, 6.45) is 3.83. The van der Waals surface area contributed by atoms with Crippen molar-refractivity contribution in [3.05, 3.63) is 53.6 Å². The van der Waals surface area contributed by atoms with Gasteiger partial charge in [-0.1, -0.05) is 26.0 Å². The summed E-state index contributed by atoms with van der Waals surface area (Å²) in [4.78, 5) is 15.1. The number of carboxylic acid groups (broad SMARTS) is 1. The van der Waals surface area contributed by atoms with Crippen LogP contribution < -0.4 is 0 Å². The average molecular weight is 244 g/mol. The van der Waals surface area contributed by atoms with Crippen LogP contribution in [-0.4, -0.2) is 20.6 Å². The van der Waals surface area contributed by atoms with Crippen LogP contribution in [-0.2, 0) is 6.54 Å². The molecule has 0 unspecified atom stereocenters. The first-order valence-corrected chi connectivity index (χ1v) is 5.90. The van der Waals surface area contributed by atoms with Crippen molar-refractivity contribution in [2.45, 2.75) is 26.3 Å². The second-order valence-electron chi connectivity index (χ2n) is 4.63. The summed E-state index contributed by atoms with van der Waals surface area (Å²) < 4.78 is 2.01. The molecule has 0 aliphatic carbocycles. The second kappa shape index (κ2) is 5.04. The van der Waals surface area contributed by atoms with Crippen LogP contribution in [0.1, 0.15) is 41.4 Å². The van der Waals surface area contributed by atoms with Crippen molar-refractivity contribution in [2.75, 3.05) is 0 Å². The van der Waals surface area contributed by atoms with Gasteiger partial charge in [0.2, 0.25) is 0 Å². The molecule has 4 nitrogen and oxygen atoms in total. The van der Waals surface area contributed by atoms with Crippen molar-refractivity contribution in [1.29, 1.82) is 0 Å². The Labute approximate surface area is 106 Å². The highest BCUT2D eigenvalue weighted by Gasteiger charge is 2.05. The molecule has 0 radical (unpaired) electrons. The zero-order chi connectivity index (χ0) is 13.1. The fourth-order valence-electron chi connectivity index (χ4n) is 1.73. The largest absolute Gasteiger partial charge is 0.478 e. The number of carboxylic acids is 1. The van der Waals surface area contributed by atoms with E-state index in [1.807, 2.05) is 22.9 Å². The number of aromatic nitrogens is 2. The molecule has 1 heterocycles. The van der Waals surface area contributed by atoms with E-state index in [2.05, 4.69) is 18.8 Å². The van der Waals surface area contributed by atoms with Gasteiger partial charge in [0.05, 0.1) is 17.6 Å². The van der Waals surface area contributed by atoms with Crippen molar-refractivity contribution >= 4 is 5.97 Å². The van der Waals surface area contributed by atoms with Crippen molar-refractivity contribution in [1.82, 2.24) is 9.55 Å². The van der Waals surface area contributed by atoms with E-state index >= 15 is 0 Å². The quantitative estimate of drug-likeness (QED) is 0.899. The summed E-state index contributed by atoms with van der Waals surface area (Å²) in [5.41, 5.74) is 2.44. The molecule has 0 spiro atoms. The van der Waals surface area contributed by atoms with Gasteiger partial charge in [0.1, 0.15) is 0 Å². The predicted octanol–water partition coefficient (Wildman–Crippen LogP) is 2.75. The maximum Gasteiger partial charge on any atom is 0.335 e. The first kappa shape index (κ1) is 12.4.